The molecular weight excluding hydrogens is 305 g/mol. The van der Waals surface area contributed by atoms with E-state index < -0.39 is 0 Å². The number of halogens is 1. The fraction of sp³-hybridized carbons (Fsp3) is 0.350. The van der Waals surface area contributed by atoms with Crippen molar-refractivity contribution in [3.8, 4) is 5.75 Å². The summed E-state index contributed by atoms with van der Waals surface area (Å²) in [7, 11) is 0. The third-order valence-electron chi connectivity index (χ3n) is 4.27. The Morgan fingerprint density at radius 3 is 2.58 bits per heavy atom. The lowest BCUT2D eigenvalue weighted by atomic mass is 10.1. The lowest BCUT2D eigenvalue weighted by Gasteiger charge is -2.13. The van der Waals surface area contributed by atoms with Gasteiger partial charge in [0.25, 0.3) is 0 Å². The van der Waals surface area contributed by atoms with Crippen molar-refractivity contribution >= 4 is 11.6 Å². The number of nitrogens with one attached hydrogen (secondary N) is 1. The Labute approximate surface area is 141 Å². The largest absolute Gasteiger partial charge is 0.490 e. The number of ether oxygens (including phenoxy) is 1. The minimum atomic E-state index is -0.272. The molecule has 126 valence electrons. The van der Waals surface area contributed by atoms with Crippen molar-refractivity contribution in [2.24, 2.45) is 0 Å². The third-order valence-corrected chi connectivity index (χ3v) is 4.27. The van der Waals surface area contributed by atoms with Crippen LogP contribution in [0, 0.1) is 5.82 Å². The smallest absolute Gasteiger partial charge is 0.224 e. The molecule has 24 heavy (non-hydrogen) atoms. The van der Waals surface area contributed by atoms with Crippen molar-refractivity contribution < 1.29 is 13.9 Å². The van der Waals surface area contributed by atoms with Crippen LogP contribution >= 0.6 is 0 Å². The van der Waals surface area contributed by atoms with E-state index in [0.29, 0.717) is 18.9 Å². The van der Waals surface area contributed by atoms with E-state index in [4.69, 9.17) is 4.74 Å². The van der Waals surface area contributed by atoms with Gasteiger partial charge in [-0.15, -0.1) is 0 Å². The summed E-state index contributed by atoms with van der Waals surface area (Å²) >= 11 is 0. The topological polar surface area (TPSA) is 38.3 Å². The Bertz CT molecular complexity index is 678. The normalized spacial score (nSPS) is 14.5. The van der Waals surface area contributed by atoms with E-state index in [-0.39, 0.29) is 11.7 Å². The van der Waals surface area contributed by atoms with Gasteiger partial charge < -0.3 is 10.1 Å². The van der Waals surface area contributed by atoms with Crippen molar-refractivity contribution in [1.82, 2.24) is 0 Å². The van der Waals surface area contributed by atoms with Crippen LogP contribution in [0.25, 0.3) is 0 Å². The molecular formula is C20H22FNO2. The maximum absolute atomic E-state index is 13.1. The van der Waals surface area contributed by atoms with Crippen LogP contribution in [0.5, 0.6) is 5.75 Å². The lowest BCUT2D eigenvalue weighted by Crippen LogP contribution is -2.13. The van der Waals surface area contributed by atoms with Gasteiger partial charge in [0.05, 0.1) is 6.10 Å². The molecule has 2 aromatic rings. The fourth-order valence-electron chi connectivity index (χ4n) is 2.99. The Morgan fingerprint density at radius 1 is 1.12 bits per heavy atom. The van der Waals surface area contributed by atoms with Gasteiger partial charge in [-0.3, -0.25) is 4.79 Å². The highest BCUT2D eigenvalue weighted by atomic mass is 19.1. The Morgan fingerprint density at radius 2 is 1.88 bits per heavy atom. The number of hydrogen-bond acceptors (Lipinski definition) is 2. The summed E-state index contributed by atoms with van der Waals surface area (Å²) in [5.74, 6) is 0.495. The molecule has 0 saturated heterocycles. The Balaban J connectivity index is 1.47. The molecule has 4 heteroatoms. The number of carbonyl (C=O) groups excluding carboxylic acids is 1. The molecule has 0 spiro atoms. The zero-order valence-corrected chi connectivity index (χ0v) is 13.6. The van der Waals surface area contributed by atoms with E-state index in [1.54, 1.807) is 6.07 Å². The summed E-state index contributed by atoms with van der Waals surface area (Å²) in [6.45, 7) is 0. The first kappa shape index (κ1) is 16.5. The zero-order valence-electron chi connectivity index (χ0n) is 13.6. The first-order chi connectivity index (χ1) is 11.7. The summed E-state index contributed by atoms with van der Waals surface area (Å²) in [5.41, 5.74) is 1.57. The average molecular weight is 327 g/mol. The number of benzene rings is 2. The van der Waals surface area contributed by atoms with Crippen LogP contribution in [0.3, 0.4) is 0 Å². The maximum atomic E-state index is 13.1. The fourth-order valence-corrected chi connectivity index (χ4v) is 2.99. The molecule has 0 bridgehead atoms. The SMILES string of the molecule is O=C(CCc1cccc(F)c1)Nc1ccc(OC2CCCC2)cc1. The predicted molar refractivity (Wildman–Crippen MR) is 92.7 cm³/mol. The van der Waals surface area contributed by atoms with E-state index in [9.17, 15) is 9.18 Å². The first-order valence-electron chi connectivity index (χ1n) is 8.50. The summed E-state index contributed by atoms with van der Waals surface area (Å²) in [6, 6.07) is 13.8. The maximum Gasteiger partial charge on any atom is 0.224 e. The van der Waals surface area contributed by atoms with Gasteiger partial charge in [-0.25, -0.2) is 4.39 Å². The Hall–Kier alpha value is -2.36. The van der Waals surface area contributed by atoms with Gasteiger partial charge in [0.2, 0.25) is 5.91 Å². The van der Waals surface area contributed by atoms with E-state index in [1.165, 1.54) is 25.0 Å². The van der Waals surface area contributed by atoms with Gasteiger partial charge in [0.1, 0.15) is 11.6 Å². The molecule has 2 aromatic carbocycles. The van der Waals surface area contributed by atoms with Crippen LogP contribution in [0.15, 0.2) is 48.5 Å². The number of carbonyl (C=O) groups is 1. The molecule has 1 aliphatic carbocycles. The van der Waals surface area contributed by atoms with Crippen LogP contribution in [0.4, 0.5) is 10.1 Å². The molecule has 3 nitrogen and oxygen atoms in total. The monoisotopic (exact) mass is 327 g/mol. The minimum absolute atomic E-state index is 0.0799. The van der Waals surface area contributed by atoms with Crippen LogP contribution in [-0.2, 0) is 11.2 Å². The molecule has 1 fully saturated rings. The van der Waals surface area contributed by atoms with Gasteiger partial charge in [-0.2, -0.15) is 0 Å². The summed E-state index contributed by atoms with van der Waals surface area (Å²) in [4.78, 5) is 12.0. The number of hydrogen-bond donors (Lipinski definition) is 1. The summed E-state index contributed by atoms with van der Waals surface area (Å²) in [5, 5.41) is 2.86. The van der Waals surface area contributed by atoms with Crippen molar-refractivity contribution in [3.05, 3.63) is 59.9 Å². The minimum Gasteiger partial charge on any atom is -0.490 e. The van der Waals surface area contributed by atoms with Crippen molar-refractivity contribution in [3.63, 3.8) is 0 Å². The highest BCUT2D eigenvalue weighted by molar-refractivity contribution is 5.90. The molecule has 0 aromatic heterocycles. The van der Waals surface area contributed by atoms with Gasteiger partial charge in [0.15, 0.2) is 0 Å². The number of amides is 1. The lowest BCUT2D eigenvalue weighted by molar-refractivity contribution is -0.116. The van der Waals surface area contributed by atoms with Crippen LogP contribution < -0.4 is 10.1 Å². The van der Waals surface area contributed by atoms with Gasteiger partial charge in [-0.05, 0) is 74.1 Å². The zero-order chi connectivity index (χ0) is 16.8. The summed E-state index contributed by atoms with van der Waals surface area (Å²) < 4.78 is 19.0. The Kier molecular flexibility index (Phi) is 5.47. The molecule has 1 aliphatic rings. The van der Waals surface area contributed by atoms with Crippen LogP contribution in [-0.4, -0.2) is 12.0 Å². The first-order valence-corrected chi connectivity index (χ1v) is 8.50. The molecule has 1 saturated carbocycles. The molecule has 0 radical (unpaired) electrons. The third kappa shape index (κ3) is 4.82. The van der Waals surface area contributed by atoms with Gasteiger partial charge >= 0.3 is 0 Å². The van der Waals surface area contributed by atoms with E-state index in [2.05, 4.69) is 5.32 Å². The highest BCUT2D eigenvalue weighted by Crippen LogP contribution is 2.25. The molecule has 3 rings (SSSR count). The second kappa shape index (κ2) is 7.95. The number of rotatable bonds is 6. The predicted octanol–water partition coefficient (Wildman–Crippen LogP) is 4.72. The second-order valence-corrected chi connectivity index (χ2v) is 6.23. The molecule has 0 atom stereocenters. The molecule has 0 heterocycles. The summed E-state index contributed by atoms with van der Waals surface area (Å²) in [6.07, 6.45) is 5.90. The number of aryl methyl sites for hydroxylation is 1. The van der Waals surface area contributed by atoms with E-state index >= 15 is 0 Å². The molecule has 0 unspecified atom stereocenters. The molecule has 0 aliphatic heterocycles. The number of anilines is 1. The van der Waals surface area contributed by atoms with Crippen molar-refractivity contribution in [2.45, 2.75) is 44.6 Å². The quantitative estimate of drug-likeness (QED) is 0.834. The van der Waals surface area contributed by atoms with Gasteiger partial charge in [0, 0.05) is 12.1 Å². The van der Waals surface area contributed by atoms with E-state index in [1.807, 2.05) is 30.3 Å². The van der Waals surface area contributed by atoms with E-state index in [0.717, 1.165) is 29.8 Å². The van der Waals surface area contributed by atoms with Crippen molar-refractivity contribution in [1.29, 1.82) is 0 Å². The van der Waals surface area contributed by atoms with Crippen LogP contribution in [0.2, 0.25) is 0 Å². The van der Waals surface area contributed by atoms with Gasteiger partial charge in [-0.1, -0.05) is 12.1 Å². The second-order valence-electron chi connectivity index (χ2n) is 6.23. The van der Waals surface area contributed by atoms with Crippen molar-refractivity contribution in [2.75, 3.05) is 5.32 Å². The molecule has 1 N–H and O–H groups in total. The van der Waals surface area contributed by atoms with Crippen LogP contribution in [0.1, 0.15) is 37.7 Å². The standard InChI is InChI=1S/C20H22FNO2/c21-16-5-3-4-15(14-16)8-13-20(23)22-17-9-11-19(12-10-17)24-18-6-1-2-7-18/h3-5,9-12,14,18H,1-2,6-8,13H2,(H,22,23). The average Bonchev–Trinajstić information content (AvgIpc) is 3.08. The highest BCUT2D eigenvalue weighted by Gasteiger charge is 2.16. The molecule has 1 amide bonds.